The fraction of sp³-hybridized carbons (Fsp3) is 0.692. The fourth-order valence-electron chi connectivity index (χ4n) is 2.39. The molecule has 0 bridgehead atoms. The average Bonchev–Trinajstić information content (AvgIpc) is 2.39. The van der Waals surface area contributed by atoms with Crippen LogP contribution in [0.2, 0.25) is 0 Å². The Labute approximate surface area is 109 Å². The fourth-order valence-corrected chi connectivity index (χ4v) is 2.39. The van der Waals surface area contributed by atoms with Crippen LogP contribution in [0.5, 0.6) is 0 Å². The van der Waals surface area contributed by atoms with E-state index in [1.165, 1.54) is 25.9 Å². The van der Waals surface area contributed by atoms with E-state index in [-0.39, 0.29) is 0 Å². The van der Waals surface area contributed by atoms with Gasteiger partial charge < -0.3 is 15.5 Å². The molecule has 0 radical (unpaired) electrons. The molecule has 0 aliphatic carbocycles. The first-order chi connectivity index (χ1) is 8.70. The van der Waals surface area contributed by atoms with Crippen molar-refractivity contribution in [1.29, 1.82) is 0 Å². The summed E-state index contributed by atoms with van der Waals surface area (Å²) in [5, 5.41) is 6.54. The van der Waals surface area contributed by atoms with E-state index in [2.05, 4.69) is 32.5 Å². The van der Waals surface area contributed by atoms with Gasteiger partial charge in [-0.15, -0.1) is 0 Å². The van der Waals surface area contributed by atoms with Crippen molar-refractivity contribution in [2.24, 2.45) is 5.92 Å². The van der Waals surface area contributed by atoms with Gasteiger partial charge in [0, 0.05) is 19.2 Å². The van der Waals surface area contributed by atoms with E-state index >= 15 is 0 Å². The maximum Gasteiger partial charge on any atom is 0.134 e. The van der Waals surface area contributed by atoms with Crippen LogP contribution in [0.15, 0.2) is 6.33 Å². The summed E-state index contributed by atoms with van der Waals surface area (Å²) in [5.41, 5.74) is 1.09. The second kappa shape index (κ2) is 6.00. The molecule has 1 aliphatic heterocycles. The normalized spacial score (nSPS) is 17.7. The minimum absolute atomic E-state index is 0.758. The van der Waals surface area contributed by atoms with Crippen molar-refractivity contribution in [3.05, 3.63) is 11.9 Å². The van der Waals surface area contributed by atoms with Gasteiger partial charge in [0.05, 0.1) is 0 Å². The summed E-state index contributed by atoms with van der Waals surface area (Å²) >= 11 is 0. The molecule has 0 unspecified atom stereocenters. The summed E-state index contributed by atoms with van der Waals surface area (Å²) in [6.45, 7) is 5.46. The van der Waals surface area contributed by atoms with E-state index in [0.29, 0.717) is 0 Å². The Morgan fingerprint density at radius 3 is 2.61 bits per heavy atom. The van der Waals surface area contributed by atoms with Crippen molar-refractivity contribution in [2.45, 2.75) is 19.8 Å². The molecule has 18 heavy (non-hydrogen) atoms. The molecule has 2 heterocycles. The van der Waals surface area contributed by atoms with Crippen molar-refractivity contribution in [1.82, 2.24) is 14.9 Å². The number of piperidine rings is 1. The van der Waals surface area contributed by atoms with Crippen LogP contribution in [-0.4, -0.2) is 48.6 Å². The van der Waals surface area contributed by atoms with Gasteiger partial charge in [0.1, 0.15) is 18.0 Å². The van der Waals surface area contributed by atoms with Gasteiger partial charge in [-0.25, -0.2) is 9.97 Å². The molecule has 2 rings (SSSR count). The molecule has 0 atom stereocenters. The van der Waals surface area contributed by atoms with Gasteiger partial charge in [-0.1, -0.05) is 0 Å². The molecule has 100 valence electrons. The van der Waals surface area contributed by atoms with Crippen LogP contribution in [0.4, 0.5) is 11.6 Å². The molecular weight excluding hydrogens is 226 g/mol. The molecule has 2 N–H and O–H groups in total. The van der Waals surface area contributed by atoms with Gasteiger partial charge in [0.25, 0.3) is 0 Å². The lowest BCUT2D eigenvalue weighted by molar-refractivity contribution is 0.226. The highest BCUT2D eigenvalue weighted by molar-refractivity contribution is 5.56. The Balaban J connectivity index is 1.90. The van der Waals surface area contributed by atoms with Crippen LogP contribution in [0.1, 0.15) is 18.4 Å². The van der Waals surface area contributed by atoms with Crippen LogP contribution in [0.25, 0.3) is 0 Å². The quantitative estimate of drug-likeness (QED) is 0.848. The zero-order chi connectivity index (χ0) is 13.0. The van der Waals surface area contributed by atoms with Crippen molar-refractivity contribution >= 4 is 11.6 Å². The lowest BCUT2D eigenvalue weighted by atomic mass is 9.97. The van der Waals surface area contributed by atoms with Crippen LogP contribution in [0.3, 0.4) is 0 Å². The summed E-state index contributed by atoms with van der Waals surface area (Å²) in [6.07, 6.45) is 4.15. The van der Waals surface area contributed by atoms with Gasteiger partial charge in [0.15, 0.2) is 0 Å². The van der Waals surface area contributed by atoms with E-state index in [9.17, 15) is 0 Å². The molecule has 0 amide bonds. The number of hydrogen-bond acceptors (Lipinski definition) is 5. The molecule has 0 spiro atoms. The first-order valence-electron chi connectivity index (χ1n) is 6.62. The van der Waals surface area contributed by atoms with E-state index in [4.69, 9.17) is 0 Å². The minimum atomic E-state index is 0.758. The largest absolute Gasteiger partial charge is 0.373 e. The van der Waals surface area contributed by atoms with E-state index in [1.807, 2.05) is 14.0 Å². The number of rotatable bonds is 4. The Morgan fingerprint density at radius 1 is 1.28 bits per heavy atom. The molecule has 1 aromatic heterocycles. The van der Waals surface area contributed by atoms with E-state index < -0.39 is 0 Å². The van der Waals surface area contributed by atoms with Crippen LogP contribution < -0.4 is 10.6 Å². The van der Waals surface area contributed by atoms with Crippen molar-refractivity contribution in [3.8, 4) is 0 Å². The highest BCUT2D eigenvalue weighted by Gasteiger charge is 2.16. The highest BCUT2D eigenvalue weighted by Crippen LogP contribution is 2.20. The third-order valence-electron chi connectivity index (χ3n) is 3.72. The summed E-state index contributed by atoms with van der Waals surface area (Å²) in [7, 11) is 4.08. The Bertz CT molecular complexity index is 385. The van der Waals surface area contributed by atoms with Crippen molar-refractivity contribution in [3.63, 3.8) is 0 Å². The summed E-state index contributed by atoms with van der Waals surface area (Å²) in [6, 6.07) is 0. The number of likely N-dealkylation sites (tertiary alicyclic amines) is 1. The lowest BCUT2D eigenvalue weighted by Gasteiger charge is -2.29. The average molecular weight is 249 g/mol. The third kappa shape index (κ3) is 3.10. The standard InChI is InChI=1S/C13H23N5/c1-10-12(14-2)16-9-17-13(10)15-8-11-4-6-18(3)7-5-11/h9,11H,4-8H2,1-3H3,(H2,14,15,16,17). The van der Waals surface area contributed by atoms with Crippen LogP contribution in [0, 0.1) is 12.8 Å². The Morgan fingerprint density at radius 2 is 1.94 bits per heavy atom. The van der Waals surface area contributed by atoms with Gasteiger partial charge in [-0.3, -0.25) is 0 Å². The molecule has 0 saturated carbocycles. The maximum atomic E-state index is 4.31. The second-order valence-corrected chi connectivity index (χ2v) is 5.07. The Hall–Kier alpha value is -1.36. The minimum Gasteiger partial charge on any atom is -0.373 e. The molecular formula is C13H23N5. The predicted molar refractivity (Wildman–Crippen MR) is 75.0 cm³/mol. The number of nitrogens with zero attached hydrogens (tertiary/aromatic N) is 3. The second-order valence-electron chi connectivity index (χ2n) is 5.07. The zero-order valence-electron chi connectivity index (χ0n) is 11.5. The Kier molecular flexibility index (Phi) is 4.36. The molecule has 5 nitrogen and oxygen atoms in total. The van der Waals surface area contributed by atoms with Crippen molar-refractivity contribution in [2.75, 3.05) is 44.4 Å². The first-order valence-corrected chi connectivity index (χ1v) is 6.62. The maximum absolute atomic E-state index is 4.31. The number of aromatic nitrogens is 2. The van der Waals surface area contributed by atoms with Crippen LogP contribution in [-0.2, 0) is 0 Å². The van der Waals surface area contributed by atoms with Gasteiger partial charge in [0.2, 0.25) is 0 Å². The molecule has 1 aliphatic rings. The van der Waals surface area contributed by atoms with Crippen LogP contribution >= 0.6 is 0 Å². The van der Waals surface area contributed by atoms with Gasteiger partial charge >= 0.3 is 0 Å². The molecule has 1 fully saturated rings. The molecule has 5 heteroatoms. The first kappa shape index (κ1) is 13.1. The SMILES string of the molecule is CNc1ncnc(NCC2CCN(C)CC2)c1C. The summed E-state index contributed by atoms with van der Waals surface area (Å²) in [4.78, 5) is 10.9. The van der Waals surface area contributed by atoms with E-state index in [1.54, 1.807) is 6.33 Å². The van der Waals surface area contributed by atoms with E-state index in [0.717, 1.165) is 29.7 Å². The number of anilines is 2. The lowest BCUT2D eigenvalue weighted by Crippen LogP contribution is -2.33. The third-order valence-corrected chi connectivity index (χ3v) is 3.72. The topological polar surface area (TPSA) is 53.1 Å². The molecule has 0 aromatic carbocycles. The summed E-state index contributed by atoms with van der Waals surface area (Å²) < 4.78 is 0. The number of nitrogens with one attached hydrogen (secondary N) is 2. The highest BCUT2D eigenvalue weighted by atomic mass is 15.1. The van der Waals surface area contributed by atoms with Gasteiger partial charge in [-0.05, 0) is 45.8 Å². The molecule has 1 aromatic rings. The number of hydrogen-bond donors (Lipinski definition) is 2. The van der Waals surface area contributed by atoms with Gasteiger partial charge in [-0.2, -0.15) is 0 Å². The molecule has 1 saturated heterocycles. The van der Waals surface area contributed by atoms with Crippen molar-refractivity contribution < 1.29 is 0 Å². The zero-order valence-corrected chi connectivity index (χ0v) is 11.5. The predicted octanol–water partition coefficient (Wildman–Crippen LogP) is 1.58. The summed E-state index contributed by atoms with van der Waals surface area (Å²) in [5.74, 6) is 2.61. The monoisotopic (exact) mass is 249 g/mol. The smallest absolute Gasteiger partial charge is 0.134 e.